The minimum atomic E-state index is -0.950. The molecule has 27 heavy (non-hydrogen) atoms. The summed E-state index contributed by atoms with van der Waals surface area (Å²) in [4.78, 5) is 15.1. The van der Waals surface area contributed by atoms with Crippen LogP contribution in [0.5, 0.6) is 5.75 Å². The Hall–Kier alpha value is -1.82. The lowest BCUT2D eigenvalue weighted by atomic mass is 9.83. The summed E-state index contributed by atoms with van der Waals surface area (Å²) < 4.78 is 6.03. The number of rotatable bonds is 5. The lowest BCUT2D eigenvalue weighted by Gasteiger charge is -2.22. The van der Waals surface area contributed by atoms with E-state index in [0.29, 0.717) is 6.61 Å². The van der Waals surface area contributed by atoms with Crippen molar-refractivity contribution in [2.45, 2.75) is 32.3 Å². The quantitative estimate of drug-likeness (QED) is 0.772. The zero-order chi connectivity index (χ0) is 18.9. The van der Waals surface area contributed by atoms with Crippen LogP contribution in [0.3, 0.4) is 0 Å². The van der Waals surface area contributed by atoms with Gasteiger partial charge in [-0.1, -0.05) is 12.1 Å². The minimum Gasteiger partial charge on any atom is -0.488 e. The molecule has 146 valence electrons. The largest absolute Gasteiger partial charge is 0.488 e. The normalized spacial score (nSPS) is 14.8. The molecule has 0 radical (unpaired) electrons. The molecule has 0 bridgehead atoms. The van der Waals surface area contributed by atoms with E-state index >= 15 is 0 Å². The first-order valence-corrected chi connectivity index (χ1v) is 9.61. The van der Waals surface area contributed by atoms with Gasteiger partial charge in [0.2, 0.25) is 0 Å². The van der Waals surface area contributed by atoms with E-state index in [2.05, 4.69) is 36.5 Å². The van der Waals surface area contributed by atoms with E-state index in [9.17, 15) is 9.90 Å². The van der Waals surface area contributed by atoms with Crippen LogP contribution >= 0.6 is 23.7 Å². The molecular formula is C21H26ClNO3S. The van der Waals surface area contributed by atoms with Crippen LogP contribution in [0, 0.1) is 0 Å². The number of hydrogen-bond acceptors (Lipinski definition) is 4. The second-order valence-corrected chi connectivity index (χ2v) is 8.33. The average Bonchev–Trinajstić information content (AvgIpc) is 2.99. The molecule has 1 aromatic heterocycles. The number of carboxylic acid groups (broad SMARTS) is 1. The number of thiophene rings is 1. The highest BCUT2D eigenvalue weighted by molar-refractivity contribution is 7.11. The molecule has 1 aliphatic rings. The molecule has 1 N–H and O–H groups in total. The van der Waals surface area contributed by atoms with Crippen molar-refractivity contribution in [3.8, 4) is 5.75 Å². The van der Waals surface area contributed by atoms with E-state index in [1.165, 1.54) is 10.4 Å². The van der Waals surface area contributed by atoms with Gasteiger partial charge in [0, 0.05) is 22.5 Å². The highest BCUT2D eigenvalue weighted by atomic mass is 35.5. The summed E-state index contributed by atoms with van der Waals surface area (Å²) in [6.45, 7) is 4.97. The zero-order valence-corrected chi connectivity index (χ0v) is 17.7. The van der Waals surface area contributed by atoms with E-state index < -0.39 is 11.4 Å². The van der Waals surface area contributed by atoms with E-state index in [1.807, 2.05) is 18.2 Å². The standard InChI is InChI=1S/C21H25NO3S.ClH/c1-21(2,20(23)24)15-7-8-18-17(12-15)16(6-5-10-22(3)4)19-14(13-25-18)9-11-26-19;/h6-9,11-12H,5,10,13H2,1-4H3,(H,23,24);1H/b16-6-;. The molecule has 0 unspecified atom stereocenters. The van der Waals surface area contributed by atoms with Gasteiger partial charge in [-0.15, -0.1) is 23.7 Å². The van der Waals surface area contributed by atoms with Crippen molar-refractivity contribution < 1.29 is 14.6 Å². The van der Waals surface area contributed by atoms with Crippen LogP contribution in [0.4, 0.5) is 0 Å². The number of aliphatic carboxylic acids is 1. The predicted octanol–water partition coefficient (Wildman–Crippen LogP) is 4.81. The third-order valence-corrected chi connectivity index (χ3v) is 5.82. The first-order valence-electron chi connectivity index (χ1n) is 8.73. The van der Waals surface area contributed by atoms with Crippen molar-refractivity contribution in [1.82, 2.24) is 4.90 Å². The second-order valence-electron chi connectivity index (χ2n) is 7.41. The van der Waals surface area contributed by atoms with Crippen LogP contribution < -0.4 is 4.74 Å². The summed E-state index contributed by atoms with van der Waals surface area (Å²) in [5.74, 6) is -0.0172. The van der Waals surface area contributed by atoms with E-state index in [0.717, 1.165) is 35.4 Å². The molecule has 1 aromatic carbocycles. The third kappa shape index (κ3) is 4.37. The Balaban J connectivity index is 0.00000261. The summed E-state index contributed by atoms with van der Waals surface area (Å²) in [6, 6.07) is 7.86. The van der Waals surface area contributed by atoms with Crippen LogP contribution in [0.2, 0.25) is 0 Å². The number of ether oxygens (including phenoxy) is 1. The molecule has 0 atom stereocenters. The Kier molecular flexibility index (Phi) is 6.73. The van der Waals surface area contributed by atoms with Gasteiger partial charge in [0.05, 0.1) is 5.41 Å². The summed E-state index contributed by atoms with van der Waals surface area (Å²) in [5, 5.41) is 11.7. The number of hydrogen-bond donors (Lipinski definition) is 1. The summed E-state index contributed by atoms with van der Waals surface area (Å²) >= 11 is 1.71. The molecule has 0 spiro atoms. The predicted molar refractivity (Wildman–Crippen MR) is 113 cm³/mol. The van der Waals surface area contributed by atoms with E-state index in [1.54, 1.807) is 25.2 Å². The fourth-order valence-electron chi connectivity index (χ4n) is 3.01. The molecule has 0 aliphatic carbocycles. The van der Waals surface area contributed by atoms with Crippen LogP contribution in [0.1, 0.15) is 41.8 Å². The van der Waals surface area contributed by atoms with Gasteiger partial charge < -0.3 is 14.7 Å². The number of fused-ring (bicyclic) bond motifs is 2. The molecule has 0 saturated heterocycles. The van der Waals surface area contributed by atoms with Crippen LogP contribution in [0.25, 0.3) is 5.57 Å². The van der Waals surface area contributed by atoms with Gasteiger partial charge in [0.1, 0.15) is 12.4 Å². The van der Waals surface area contributed by atoms with Crippen molar-refractivity contribution >= 4 is 35.3 Å². The van der Waals surface area contributed by atoms with Crippen molar-refractivity contribution in [3.63, 3.8) is 0 Å². The maximum Gasteiger partial charge on any atom is 0.313 e. The van der Waals surface area contributed by atoms with Crippen LogP contribution in [-0.2, 0) is 16.8 Å². The fraction of sp³-hybridized carbons (Fsp3) is 0.381. The Bertz CT molecular complexity index is 855. The van der Waals surface area contributed by atoms with Crippen molar-refractivity contribution in [2.24, 2.45) is 0 Å². The zero-order valence-electron chi connectivity index (χ0n) is 16.1. The van der Waals surface area contributed by atoms with Gasteiger partial charge in [0.15, 0.2) is 0 Å². The molecule has 2 aromatic rings. The topological polar surface area (TPSA) is 49.8 Å². The van der Waals surface area contributed by atoms with E-state index in [-0.39, 0.29) is 12.4 Å². The first-order chi connectivity index (χ1) is 12.3. The second kappa shape index (κ2) is 8.46. The minimum absolute atomic E-state index is 0. The van der Waals surface area contributed by atoms with Crippen molar-refractivity contribution in [3.05, 3.63) is 57.3 Å². The van der Waals surface area contributed by atoms with Gasteiger partial charge in [-0.05, 0) is 69.1 Å². The number of nitrogens with zero attached hydrogens (tertiary/aromatic N) is 1. The maximum absolute atomic E-state index is 11.7. The van der Waals surface area contributed by atoms with Gasteiger partial charge in [-0.2, -0.15) is 0 Å². The summed E-state index contributed by atoms with van der Waals surface area (Å²) in [6.07, 6.45) is 3.17. The van der Waals surface area contributed by atoms with Gasteiger partial charge in [-0.3, -0.25) is 4.79 Å². The monoisotopic (exact) mass is 407 g/mol. The lowest BCUT2D eigenvalue weighted by molar-refractivity contribution is -0.142. The average molecular weight is 408 g/mol. The van der Waals surface area contributed by atoms with Crippen LogP contribution in [0.15, 0.2) is 35.7 Å². The Morgan fingerprint density at radius 3 is 2.74 bits per heavy atom. The number of carboxylic acids is 1. The molecule has 1 aliphatic heterocycles. The Morgan fingerprint density at radius 2 is 2.07 bits per heavy atom. The highest BCUT2D eigenvalue weighted by Crippen LogP contribution is 2.41. The van der Waals surface area contributed by atoms with Gasteiger partial charge >= 0.3 is 5.97 Å². The Morgan fingerprint density at radius 1 is 1.33 bits per heavy atom. The number of carbonyl (C=O) groups is 1. The first kappa shape index (κ1) is 21.5. The van der Waals surface area contributed by atoms with E-state index in [4.69, 9.17) is 4.74 Å². The van der Waals surface area contributed by atoms with Gasteiger partial charge in [0.25, 0.3) is 0 Å². The molecule has 0 fully saturated rings. The highest BCUT2D eigenvalue weighted by Gasteiger charge is 2.31. The Labute approximate surface area is 170 Å². The molecule has 3 rings (SSSR count). The van der Waals surface area contributed by atoms with Crippen LogP contribution in [-0.4, -0.2) is 36.6 Å². The van der Waals surface area contributed by atoms with Crippen molar-refractivity contribution in [2.75, 3.05) is 20.6 Å². The molecule has 0 amide bonds. The lowest BCUT2D eigenvalue weighted by Crippen LogP contribution is -2.28. The van der Waals surface area contributed by atoms with Gasteiger partial charge in [-0.25, -0.2) is 0 Å². The molecule has 2 heterocycles. The molecule has 6 heteroatoms. The molecule has 4 nitrogen and oxygen atoms in total. The number of halogens is 1. The fourth-order valence-corrected chi connectivity index (χ4v) is 3.98. The summed E-state index contributed by atoms with van der Waals surface area (Å²) in [7, 11) is 4.12. The smallest absolute Gasteiger partial charge is 0.313 e. The third-order valence-electron chi connectivity index (χ3n) is 4.83. The maximum atomic E-state index is 11.7. The SMILES string of the molecule is CN(C)CC/C=C1/c2cc(C(C)(C)C(=O)O)ccc2OCc2ccsc21.Cl. The molecular weight excluding hydrogens is 382 g/mol. The van der Waals surface area contributed by atoms with Crippen molar-refractivity contribution in [1.29, 1.82) is 0 Å². The summed E-state index contributed by atoms with van der Waals surface area (Å²) in [5.41, 5.74) is 3.14. The number of benzene rings is 1. The molecule has 0 saturated carbocycles.